The first kappa shape index (κ1) is 14.0. The number of esters is 1. The molecule has 0 aliphatic heterocycles. The highest BCUT2D eigenvalue weighted by Gasteiger charge is 2.10. The van der Waals surface area contributed by atoms with Crippen molar-refractivity contribution < 1.29 is 14.3 Å². The van der Waals surface area contributed by atoms with Crippen LogP contribution in [0.1, 0.15) is 19.8 Å². The Hall–Kier alpha value is -2.10. The maximum Gasteiger partial charge on any atom is 0.354 e. The number of carbonyl (C=O) groups is 2. The van der Waals surface area contributed by atoms with Crippen LogP contribution in [-0.4, -0.2) is 19.0 Å². The zero-order chi connectivity index (χ0) is 13.4. The van der Waals surface area contributed by atoms with Gasteiger partial charge < -0.3 is 10.1 Å². The summed E-state index contributed by atoms with van der Waals surface area (Å²) in [5.41, 5.74) is 1.27. The molecule has 0 fully saturated rings. The fraction of sp³-hybridized carbons (Fsp3) is 0.286. The van der Waals surface area contributed by atoms with Crippen molar-refractivity contribution in [2.45, 2.75) is 19.8 Å². The van der Waals surface area contributed by atoms with Crippen LogP contribution in [0, 0.1) is 0 Å². The molecule has 0 aromatic rings. The molecule has 0 heterocycles. The van der Waals surface area contributed by atoms with E-state index < -0.39 is 5.97 Å². The molecule has 0 bridgehead atoms. The molecular weight excluding hydrogens is 230 g/mol. The zero-order valence-corrected chi connectivity index (χ0v) is 10.6. The van der Waals surface area contributed by atoms with Crippen molar-refractivity contribution in [3.05, 3.63) is 47.7 Å². The Morgan fingerprint density at radius 3 is 2.89 bits per heavy atom. The summed E-state index contributed by atoms with van der Waals surface area (Å²) in [6.07, 6.45) is 13.1. The highest BCUT2D eigenvalue weighted by Crippen LogP contribution is 2.11. The van der Waals surface area contributed by atoms with Crippen LogP contribution in [0.3, 0.4) is 0 Å². The Labute approximate surface area is 107 Å². The van der Waals surface area contributed by atoms with E-state index in [0.717, 1.165) is 12.0 Å². The minimum Gasteiger partial charge on any atom is -0.464 e. The molecule has 0 aromatic heterocycles. The van der Waals surface area contributed by atoms with Crippen molar-refractivity contribution in [2.24, 2.45) is 0 Å². The summed E-state index contributed by atoms with van der Waals surface area (Å²) in [6.45, 7) is 1.35. The molecule has 1 rings (SSSR count). The highest BCUT2D eigenvalue weighted by atomic mass is 16.5. The van der Waals surface area contributed by atoms with Crippen molar-refractivity contribution in [1.29, 1.82) is 0 Å². The first-order valence-corrected chi connectivity index (χ1v) is 5.71. The van der Waals surface area contributed by atoms with Gasteiger partial charge in [0.1, 0.15) is 5.70 Å². The van der Waals surface area contributed by atoms with Crippen molar-refractivity contribution in [3.8, 4) is 0 Å². The van der Waals surface area contributed by atoms with Gasteiger partial charge in [0.25, 0.3) is 0 Å². The maximum absolute atomic E-state index is 11.4. The molecule has 0 radical (unpaired) electrons. The quantitative estimate of drug-likeness (QED) is 0.610. The lowest BCUT2D eigenvalue weighted by molar-refractivity contribution is -0.137. The Bertz CT molecular complexity index is 442. The molecule has 4 heteroatoms. The molecule has 1 N–H and O–H groups in total. The van der Waals surface area contributed by atoms with Crippen molar-refractivity contribution >= 4 is 11.9 Å². The van der Waals surface area contributed by atoms with E-state index in [9.17, 15) is 9.59 Å². The molecule has 0 spiro atoms. The van der Waals surface area contributed by atoms with Crippen LogP contribution in [0.2, 0.25) is 0 Å². The number of allylic oxidation sites excluding steroid dienone is 7. The first-order valence-electron chi connectivity index (χ1n) is 5.71. The molecule has 96 valence electrons. The SMILES string of the molecule is COC(=O)/C(=C/CC1=CCC=CC=C1)NC(C)=O. The molecule has 4 nitrogen and oxygen atoms in total. The largest absolute Gasteiger partial charge is 0.464 e. The van der Waals surface area contributed by atoms with Gasteiger partial charge in [-0.2, -0.15) is 0 Å². The smallest absolute Gasteiger partial charge is 0.354 e. The van der Waals surface area contributed by atoms with Gasteiger partial charge in [-0.25, -0.2) is 4.79 Å². The van der Waals surface area contributed by atoms with E-state index in [1.807, 2.05) is 24.3 Å². The number of rotatable bonds is 4. The predicted molar refractivity (Wildman–Crippen MR) is 69.5 cm³/mol. The van der Waals surface area contributed by atoms with Crippen LogP contribution >= 0.6 is 0 Å². The fourth-order valence-corrected chi connectivity index (χ4v) is 1.48. The van der Waals surface area contributed by atoms with E-state index in [0.29, 0.717) is 6.42 Å². The Kier molecular flexibility index (Phi) is 5.64. The monoisotopic (exact) mass is 247 g/mol. The van der Waals surface area contributed by atoms with Crippen molar-refractivity contribution in [2.75, 3.05) is 7.11 Å². The zero-order valence-electron chi connectivity index (χ0n) is 10.6. The fourth-order valence-electron chi connectivity index (χ4n) is 1.48. The van der Waals surface area contributed by atoms with Gasteiger partial charge in [0.2, 0.25) is 5.91 Å². The van der Waals surface area contributed by atoms with E-state index in [2.05, 4.69) is 16.1 Å². The van der Waals surface area contributed by atoms with Gasteiger partial charge in [0.15, 0.2) is 0 Å². The summed E-state index contributed by atoms with van der Waals surface area (Å²) in [6, 6.07) is 0. The number of carbonyl (C=O) groups excluding carboxylic acids is 2. The van der Waals surface area contributed by atoms with Crippen LogP contribution in [0.4, 0.5) is 0 Å². The van der Waals surface area contributed by atoms with Crippen molar-refractivity contribution in [3.63, 3.8) is 0 Å². The van der Waals surface area contributed by atoms with E-state index in [1.54, 1.807) is 6.08 Å². The highest BCUT2D eigenvalue weighted by molar-refractivity contribution is 5.93. The Morgan fingerprint density at radius 1 is 1.44 bits per heavy atom. The molecule has 0 atom stereocenters. The number of methoxy groups -OCH3 is 1. The Balaban J connectivity index is 2.73. The number of ether oxygens (including phenoxy) is 1. The van der Waals surface area contributed by atoms with Gasteiger partial charge in [-0.05, 0) is 24.5 Å². The van der Waals surface area contributed by atoms with Gasteiger partial charge in [0.05, 0.1) is 7.11 Å². The summed E-state index contributed by atoms with van der Waals surface area (Å²) in [5, 5.41) is 2.47. The molecule has 1 aliphatic rings. The van der Waals surface area contributed by atoms with Crippen LogP contribution in [-0.2, 0) is 14.3 Å². The normalized spacial score (nSPS) is 14.8. The van der Waals surface area contributed by atoms with Gasteiger partial charge >= 0.3 is 5.97 Å². The molecule has 0 saturated carbocycles. The standard InChI is InChI=1S/C14H17NO3/c1-11(16)15-13(14(17)18-2)10-9-12-7-5-3-4-6-8-12/h3-5,7-8,10H,6,9H2,1-2H3,(H,15,16)/b13-10-. The molecule has 0 saturated heterocycles. The summed E-state index contributed by atoms with van der Waals surface area (Å²) < 4.78 is 4.61. The average Bonchev–Trinajstić information content (AvgIpc) is 2.61. The molecular formula is C14H17NO3. The van der Waals surface area contributed by atoms with E-state index in [-0.39, 0.29) is 11.6 Å². The summed E-state index contributed by atoms with van der Waals surface area (Å²) >= 11 is 0. The lowest BCUT2D eigenvalue weighted by Crippen LogP contribution is -2.25. The van der Waals surface area contributed by atoms with Crippen LogP contribution in [0.5, 0.6) is 0 Å². The van der Waals surface area contributed by atoms with E-state index >= 15 is 0 Å². The molecule has 0 unspecified atom stereocenters. The minimum absolute atomic E-state index is 0.177. The molecule has 1 aliphatic carbocycles. The number of hydrogen-bond acceptors (Lipinski definition) is 3. The lowest BCUT2D eigenvalue weighted by atomic mass is 10.1. The van der Waals surface area contributed by atoms with Gasteiger partial charge in [-0.3, -0.25) is 4.79 Å². The van der Waals surface area contributed by atoms with E-state index in [4.69, 9.17) is 0 Å². The number of amides is 1. The second-order valence-electron chi connectivity index (χ2n) is 3.80. The molecule has 1 amide bonds. The molecule has 0 aromatic carbocycles. The second-order valence-corrected chi connectivity index (χ2v) is 3.80. The average molecular weight is 247 g/mol. The number of hydrogen-bond donors (Lipinski definition) is 1. The third-order valence-corrected chi connectivity index (χ3v) is 2.33. The topological polar surface area (TPSA) is 55.4 Å². The predicted octanol–water partition coefficient (Wildman–Crippen LogP) is 2.01. The van der Waals surface area contributed by atoms with Crippen molar-refractivity contribution in [1.82, 2.24) is 5.32 Å². The minimum atomic E-state index is -0.540. The van der Waals surface area contributed by atoms with Crippen LogP contribution < -0.4 is 5.32 Å². The van der Waals surface area contributed by atoms with Crippen LogP contribution in [0.15, 0.2) is 47.7 Å². The Morgan fingerprint density at radius 2 is 2.22 bits per heavy atom. The first-order chi connectivity index (χ1) is 8.63. The third kappa shape index (κ3) is 4.82. The van der Waals surface area contributed by atoms with E-state index in [1.165, 1.54) is 14.0 Å². The maximum atomic E-state index is 11.4. The van der Waals surface area contributed by atoms with Gasteiger partial charge in [-0.15, -0.1) is 0 Å². The van der Waals surface area contributed by atoms with Crippen LogP contribution in [0.25, 0.3) is 0 Å². The lowest BCUT2D eigenvalue weighted by Gasteiger charge is -2.06. The molecule has 18 heavy (non-hydrogen) atoms. The third-order valence-electron chi connectivity index (χ3n) is 2.33. The van der Waals surface area contributed by atoms with Gasteiger partial charge in [0, 0.05) is 6.92 Å². The summed E-state index contributed by atoms with van der Waals surface area (Å²) in [7, 11) is 1.28. The summed E-state index contributed by atoms with van der Waals surface area (Å²) in [4.78, 5) is 22.4. The van der Waals surface area contributed by atoms with Gasteiger partial charge in [-0.1, -0.05) is 30.4 Å². The summed E-state index contributed by atoms with van der Waals surface area (Å²) in [5.74, 6) is -0.833. The second kappa shape index (κ2) is 7.27. The number of nitrogens with one attached hydrogen (secondary N) is 1.